The van der Waals surface area contributed by atoms with Gasteiger partial charge >= 0.3 is 0 Å². The second-order valence-electron chi connectivity index (χ2n) is 8.37. The molecule has 0 unspecified atom stereocenters. The summed E-state index contributed by atoms with van der Waals surface area (Å²) in [6.45, 7) is 1.34. The van der Waals surface area contributed by atoms with Gasteiger partial charge in [0, 0.05) is 36.1 Å². The maximum Gasteiger partial charge on any atom is 0.256 e. The van der Waals surface area contributed by atoms with E-state index in [1.807, 2.05) is 83.8 Å². The fourth-order valence-corrected chi connectivity index (χ4v) is 4.31. The molecule has 6 heteroatoms. The number of benzene rings is 3. The standard InChI is InChI=1S/C28H25N3O3/c1-34-22-13-11-20(12-14-22)26-17-24(23-8-2-3-9-25(23)30-26)28(33)29-21-7-4-6-19(16-21)18-31-15-5-10-27(31)32/h2-4,6-9,11-14,16-17H,5,10,15,18H2,1H3,(H,29,33). The van der Waals surface area contributed by atoms with Crippen molar-refractivity contribution in [2.75, 3.05) is 19.0 Å². The quantitative estimate of drug-likeness (QED) is 0.433. The first-order valence-electron chi connectivity index (χ1n) is 11.3. The number of hydrogen-bond donors (Lipinski definition) is 1. The molecule has 2 amide bonds. The fourth-order valence-electron chi connectivity index (χ4n) is 4.31. The number of hydrogen-bond acceptors (Lipinski definition) is 4. The Hall–Kier alpha value is -4.19. The number of anilines is 1. The molecule has 170 valence electrons. The molecule has 0 atom stereocenters. The number of ether oxygens (including phenoxy) is 1. The predicted octanol–water partition coefficient (Wildman–Crippen LogP) is 5.29. The van der Waals surface area contributed by atoms with Crippen LogP contribution in [0.5, 0.6) is 5.75 Å². The van der Waals surface area contributed by atoms with E-state index in [1.165, 1.54) is 0 Å². The minimum absolute atomic E-state index is 0.184. The molecular formula is C28H25N3O3. The van der Waals surface area contributed by atoms with E-state index in [4.69, 9.17) is 9.72 Å². The average Bonchev–Trinajstić information content (AvgIpc) is 3.27. The first-order chi connectivity index (χ1) is 16.6. The number of nitrogens with one attached hydrogen (secondary N) is 1. The van der Waals surface area contributed by atoms with E-state index in [1.54, 1.807) is 7.11 Å². The van der Waals surface area contributed by atoms with Crippen LogP contribution in [0.15, 0.2) is 78.9 Å². The Bertz CT molecular complexity index is 1370. The summed E-state index contributed by atoms with van der Waals surface area (Å²) in [5, 5.41) is 3.82. The average molecular weight is 452 g/mol. The van der Waals surface area contributed by atoms with Crippen LogP contribution in [0.4, 0.5) is 5.69 Å². The van der Waals surface area contributed by atoms with Crippen LogP contribution in [0.1, 0.15) is 28.8 Å². The van der Waals surface area contributed by atoms with Crippen molar-refractivity contribution in [3.05, 3.63) is 90.0 Å². The molecule has 0 aliphatic carbocycles. The van der Waals surface area contributed by atoms with E-state index in [0.717, 1.165) is 40.7 Å². The summed E-state index contributed by atoms with van der Waals surface area (Å²) in [6, 6.07) is 24.7. The van der Waals surface area contributed by atoms with Gasteiger partial charge in [0.1, 0.15) is 5.75 Å². The van der Waals surface area contributed by atoms with E-state index < -0.39 is 0 Å². The number of likely N-dealkylation sites (tertiary alicyclic amines) is 1. The lowest BCUT2D eigenvalue weighted by molar-refractivity contribution is -0.128. The molecule has 5 rings (SSSR count). The molecule has 3 aromatic carbocycles. The van der Waals surface area contributed by atoms with E-state index in [2.05, 4.69) is 5.32 Å². The molecule has 1 saturated heterocycles. The molecule has 0 spiro atoms. The van der Waals surface area contributed by atoms with Crippen molar-refractivity contribution in [1.29, 1.82) is 0 Å². The summed E-state index contributed by atoms with van der Waals surface area (Å²) in [5.74, 6) is 0.740. The monoisotopic (exact) mass is 451 g/mol. The number of carbonyl (C=O) groups excluding carboxylic acids is 2. The van der Waals surface area contributed by atoms with Crippen molar-refractivity contribution < 1.29 is 14.3 Å². The minimum atomic E-state index is -0.206. The van der Waals surface area contributed by atoms with Crippen LogP contribution in [0.3, 0.4) is 0 Å². The normalized spacial score (nSPS) is 13.3. The van der Waals surface area contributed by atoms with E-state index in [9.17, 15) is 9.59 Å². The summed E-state index contributed by atoms with van der Waals surface area (Å²) < 4.78 is 5.25. The molecular weight excluding hydrogens is 426 g/mol. The Morgan fingerprint density at radius 3 is 2.62 bits per heavy atom. The predicted molar refractivity (Wildman–Crippen MR) is 133 cm³/mol. The van der Waals surface area contributed by atoms with Gasteiger partial charge in [0.15, 0.2) is 0 Å². The molecule has 0 bridgehead atoms. The lowest BCUT2D eigenvalue weighted by atomic mass is 10.0. The van der Waals surface area contributed by atoms with Crippen molar-refractivity contribution in [3.63, 3.8) is 0 Å². The summed E-state index contributed by atoms with van der Waals surface area (Å²) in [5.41, 5.74) is 4.61. The number of amides is 2. The Morgan fingerprint density at radius 1 is 1.03 bits per heavy atom. The van der Waals surface area contributed by atoms with Gasteiger partial charge in [-0.25, -0.2) is 4.98 Å². The molecule has 1 N–H and O–H groups in total. The Kier molecular flexibility index (Phi) is 5.95. The SMILES string of the molecule is COc1ccc(-c2cc(C(=O)Nc3cccc(CN4CCCC4=O)c3)c3ccccc3n2)cc1. The highest BCUT2D eigenvalue weighted by Crippen LogP contribution is 2.27. The van der Waals surface area contributed by atoms with Crippen molar-refractivity contribution in [2.24, 2.45) is 0 Å². The van der Waals surface area contributed by atoms with Gasteiger partial charge in [-0.2, -0.15) is 0 Å². The third-order valence-corrected chi connectivity index (χ3v) is 6.08. The smallest absolute Gasteiger partial charge is 0.256 e. The number of pyridine rings is 1. The number of methoxy groups -OCH3 is 1. The van der Waals surface area contributed by atoms with Crippen molar-refractivity contribution >= 4 is 28.4 Å². The molecule has 6 nitrogen and oxygen atoms in total. The number of nitrogens with zero attached hydrogens (tertiary/aromatic N) is 2. The van der Waals surface area contributed by atoms with Crippen LogP contribution in [-0.2, 0) is 11.3 Å². The van der Waals surface area contributed by atoms with Crippen LogP contribution in [0, 0.1) is 0 Å². The van der Waals surface area contributed by atoms with Gasteiger partial charge in [-0.05, 0) is 60.5 Å². The Morgan fingerprint density at radius 2 is 1.85 bits per heavy atom. The van der Waals surface area contributed by atoms with Gasteiger partial charge in [0.05, 0.1) is 23.9 Å². The largest absolute Gasteiger partial charge is 0.497 e. The maximum absolute atomic E-state index is 13.4. The number of para-hydroxylation sites is 1. The molecule has 0 saturated carbocycles. The van der Waals surface area contributed by atoms with Crippen LogP contribution >= 0.6 is 0 Å². The van der Waals surface area contributed by atoms with E-state index in [0.29, 0.717) is 29.9 Å². The zero-order valence-corrected chi connectivity index (χ0v) is 19.0. The van der Waals surface area contributed by atoms with E-state index >= 15 is 0 Å². The molecule has 34 heavy (non-hydrogen) atoms. The lowest BCUT2D eigenvalue weighted by Gasteiger charge is -2.16. The van der Waals surface area contributed by atoms with Gasteiger partial charge in [0.25, 0.3) is 5.91 Å². The highest BCUT2D eigenvalue weighted by Gasteiger charge is 2.20. The molecule has 1 fully saturated rings. The summed E-state index contributed by atoms with van der Waals surface area (Å²) in [4.78, 5) is 32.0. The van der Waals surface area contributed by atoms with Gasteiger partial charge in [0.2, 0.25) is 5.91 Å². The number of fused-ring (bicyclic) bond motifs is 1. The van der Waals surface area contributed by atoms with Crippen LogP contribution in [-0.4, -0.2) is 35.4 Å². The summed E-state index contributed by atoms with van der Waals surface area (Å²) in [7, 11) is 1.63. The number of rotatable bonds is 6. The highest BCUT2D eigenvalue weighted by atomic mass is 16.5. The lowest BCUT2D eigenvalue weighted by Crippen LogP contribution is -2.23. The number of aromatic nitrogens is 1. The van der Waals surface area contributed by atoms with Crippen LogP contribution in [0.2, 0.25) is 0 Å². The molecule has 1 aromatic heterocycles. The first-order valence-corrected chi connectivity index (χ1v) is 11.3. The summed E-state index contributed by atoms with van der Waals surface area (Å²) >= 11 is 0. The number of carbonyl (C=O) groups is 2. The molecule has 1 aliphatic rings. The van der Waals surface area contributed by atoms with E-state index in [-0.39, 0.29) is 11.8 Å². The van der Waals surface area contributed by atoms with Crippen molar-refractivity contribution in [2.45, 2.75) is 19.4 Å². The molecule has 1 aliphatic heterocycles. The molecule has 2 heterocycles. The van der Waals surface area contributed by atoms with Crippen molar-refractivity contribution in [3.8, 4) is 17.0 Å². The van der Waals surface area contributed by atoms with Gasteiger partial charge in [-0.3, -0.25) is 9.59 Å². The zero-order valence-electron chi connectivity index (χ0n) is 19.0. The Balaban J connectivity index is 1.44. The zero-order chi connectivity index (χ0) is 23.5. The van der Waals surface area contributed by atoms with Gasteiger partial charge in [-0.15, -0.1) is 0 Å². The molecule has 4 aromatic rings. The maximum atomic E-state index is 13.4. The third kappa shape index (κ3) is 4.48. The van der Waals surface area contributed by atoms with Crippen LogP contribution < -0.4 is 10.1 Å². The second kappa shape index (κ2) is 9.35. The van der Waals surface area contributed by atoms with Crippen LogP contribution in [0.25, 0.3) is 22.2 Å². The van der Waals surface area contributed by atoms with Gasteiger partial charge < -0.3 is 15.0 Å². The topological polar surface area (TPSA) is 71.5 Å². The minimum Gasteiger partial charge on any atom is -0.497 e. The van der Waals surface area contributed by atoms with Gasteiger partial charge in [-0.1, -0.05) is 30.3 Å². The molecule has 0 radical (unpaired) electrons. The Labute approximate surface area is 198 Å². The highest BCUT2D eigenvalue weighted by molar-refractivity contribution is 6.13. The second-order valence-corrected chi connectivity index (χ2v) is 8.37. The summed E-state index contributed by atoms with van der Waals surface area (Å²) in [6.07, 6.45) is 1.52. The van der Waals surface area contributed by atoms with Crippen molar-refractivity contribution in [1.82, 2.24) is 9.88 Å². The fraction of sp³-hybridized carbons (Fsp3) is 0.179. The third-order valence-electron chi connectivity index (χ3n) is 6.08. The first kappa shape index (κ1) is 21.6.